The maximum atomic E-state index is 13.0. The lowest BCUT2D eigenvalue weighted by Gasteiger charge is -2.13. The van der Waals surface area contributed by atoms with Gasteiger partial charge < -0.3 is 0 Å². The molecule has 8 heteroatoms. The van der Waals surface area contributed by atoms with Gasteiger partial charge in [0.15, 0.2) is 0 Å². The Morgan fingerprint density at radius 3 is 2.74 bits per heavy atom. The molecular formula is C11H13FN4O2S. The fourth-order valence-electron chi connectivity index (χ4n) is 1.69. The van der Waals surface area contributed by atoms with Gasteiger partial charge in [-0.15, -0.1) is 0 Å². The summed E-state index contributed by atoms with van der Waals surface area (Å²) in [6.45, 7) is 3.17. The van der Waals surface area contributed by atoms with Crippen molar-refractivity contribution in [3.8, 4) is 0 Å². The molecule has 0 fully saturated rings. The largest absolute Gasteiger partial charge is 0.262 e. The van der Waals surface area contributed by atoms with Crippen molar-refractivity contribution in [2.75, 3.05) is 0 Å². The molecule has 1 aromatic carbocycles. The third-order valence-corrected chi connectivity index (χ3v) is 4.30. The fraction of sp³-hybridized carbons (Fsp3) is 0.273. The van der Waals surface area contributed by atoms with Crippen LogP contribution in [0.25, 0.3) is 0 Å². The molecule has 1 heterocycles. The SMILES string of the molecule is Cc1cc(F)ccc1S(=O)(=O)NC(C)c1ncn[nH]1. The number of nitrogens with zero attached hydrogens (tertiary/aromatic N) is 2. The van der Waals surface area contributed by atoms with Crippen LogP contribution in [0.15, 0.2) is 29.4 Å². The lowest BCUT2D eigenvalue weighted by Crippen LogP contribution is -2.28. The van der Waals surface area contributed by atoms with Gasteiger partial charge in [0.2, 0.25) is 10.0 Å². The van der Waals surface area contributed by atoms with Crippen LogP contribution in [-0.4, -0.2) is 23.6 Å². The van der Waals surface area contributed by atoms with Crippen molar-refractivity contribution in [2.45, 2.75) is 24.8 Å². The number of hydrogen-bond donors (Lipinski definition) is 2. The Morgan fingerprint density at radius 2 is 2.16 bits per heavy atom. The topological polar surface area (TPSA) is 87.7 Å². The zero-order valence-corrected chi connectivity index (χ0v) is 11.2. The summed E-state index contributed by atoms with van der Waals surface area (Å²) in [6, 6.07) is 2.96. The number of sulfonamides is 1. The van der Waals surface area contributed by atoms with Gasteiger partial charge in [-0.05, 0) is 37.6 Å². The van der Waals surface area contributed by atoms with Gasteiger partial charge in [-0.2, -0.15) is 5.10 Å². The molecule has 0 saturated heterocycles. The molecule has 6 nitrogen and oxygen atoms in total. The second-order valence-electron chi connectivity index (χ2n) is 4.12. The van der Waals surface area contributed by atoms with E-state index in [-0.39, 0.29) is 4.90 Å². The quantitative estimate of drug-likeness (QED) is 0.885. The molecule has 2 rings (SSSR count). The highest BCUT2D eigenvalue weighted by Gasteiger charge is 2.21. The number of nitrogens with one attached hydrogen (secondary N) is 2. The van der Waals surface area contributed by atoms with E-state index in [1.165, 1.54) is 25.4 Å². The summed E-state index contributed by atoms with van der Waals surface area (Å²) in [5.74, 6) is -0.0666. The van der Waals surface area contributed by atoms with E-state index < -0.39 is 21.9 Å². The molecule has 0 amide bonds. The van der Waals surface area contributed by atoms with Crippen molar-refractivity contribution in [1.29, 1.82) is 0 Å². The monoisotopic (exact) mass is 284 g/mol. The Morgan fingerprint density at radius 1 is 1.42 bits per heavy atom. The number of halogens is 1. The first-order valence-corrected chi connectivity index (χ1v) is 7.02. The second kappa shape index (κ2) is 5.06. The average Bonchev–Trinajstić information content (AvgIpc) is 2.80. The number of benzene rings is 1. The van der Waals surface area contributed by atoms with Gasteiger partial charge in [-0.3, -0.25) is 5.10 Å². The predicted octanol–water partition coefficient (Wildman–Crippen LogP) is 1.29. The molecular weight excluding hydrogens is 271 g/mol. The Kier molecular flexibility index (Phi) is 3.63. The van der Waals surface area contributed by atoms with E-state index in [9.17, 15) is 12.8 Å². The molecule has 2 aromatic rings. The Hall–Kier alpha value is -1.80. The van der Waals surface area contributed by atoms with Crippen molar-refractivity contribution < 1.29 is 12.8 Å². The van der Waals surface area contributed by atoms with E-state index in [4.69, 9.17) is 0 Å². The number of hydrogen-bond acceptors (Lipinski definition) is 4. The van der Waals surface area contributed by atoms with Crippen molar-refractivity contribution in [2.24, 2.45) is 0 Å². The number of H-pyrrole nitrogens is 1. The first-order valence-electron chi connectivity index (χ1n) is 5.54. The van der Waals surface area contributed by atoms with Gasteiger partial charge >= 0.3 is 0 Å². The van der Waals surface area contributed by atoms with Crippen molar-refractivity contribution >= 4 is 10.0 Å². The summed E-state index contributed by atoms with van der Waals surface area (Å²) in [5.41, 5.74) is 0.345. The molecule has 0 radical (unpaired) electrons. The standard InChI is InChI=1S/C11H13FN4O2S/c1-7-5-9(12)3-4-10(7)19(17,18)16-8(2)11-13-6-14-15-11/h3-6,8,16H,1-2H3,(H,13,14,15). The summed E-state index contributed by atoms with van der Waals surface area (Å²) in [7, 11) is -3.74. The molecule has 0 aliphatic heterocycles. The molecule has 0 aliphatic rings. The summed E-state index contributed by atoms with van der Waals surface area (Å²) >= 11 is 0. The van der Waals surface area contributed by atoms with Gasteiger partial charge in [-0.1, -0.05) is 0 Å². The number of aromatic amines is 1. The van der Waals surface area contributed by atoms with Crippen molar-refractivity contribution in [3.63, 3.8) is 0 Å². The molecule has 19 heavy (non-hydrogen) atoms. The summed E-state index contributed by atoms with van der Waals surface area (Å²) in [4.78, 5) is 3.92. The molecule has 0 bridgehead atoms. The van der Waals surface area contributed by atoms with Crippen LogP contribution >= 0.6 is 0 Å². The molecule has 1 aromatic heterocycles. The van der Waals surface area contributed by atoms with E-state index in [2.05, 4.69) is 19.9 Å². The lowest BCUT2D eigenvalue weighted by atomic mass is 10.2. The maximum Gasteiger partial charge on any atom is 0.241 e. The van der Waals surface area contributed by atoms with Crippen LogP contribution in [0.1, 0.15) is 24.4 Å². The van der Waals surface area contributed by atoms with Crippen LogP contribution in [-0.2, 0) is 10.0 Å². The highest BCUT2D eigenvalue weighted by atomic mass is 32.2. The molecule has 0 saturated carbocycles. The van der Waals surface area contributed by atoms with Gasteiger partial charge in [-0.25, -0.2) is 22.5 Å². The first kappa shape index (κ1) is 13.6. The molecule has 1 unspecified atom stereocenters. The summed E-state index contributed by atoms with van der Waals surface area (Å²) in [6.07, 6.45) is 1.29. The van der Waals surface area contributed by atoms with Gasteiger partial charge in [0, 0.05) is 0 Å². The fourth-order valence-corrected chi connectivity index (χ4v) is 3.12. The van der Waals surface area contributed by atoms with E-state index in [1.807, 2.05) is 0 Å². The minimum absolute atomic E-state index is 0.0419. The first-order chi connectivity index (χ1) is 8.90. The number of rotatable bonds is 4. The van der Waals surface area contributed by atoms with Crippen molar-refractivity contribution in [1.82, 2.24) is 19.9 Å². The Labute approximate surface area is 110 Å². The Balaban J connectivity index is 2.28. The summed E-state index contributed by atoms with van der Waals surface area (Å²) in [5, 5.41) is 6.24. The van der Waals surface area contributed by atoms with Crippen molar-refractivity contribution in [3.05, 3.63) is 41.7 Å². The van der Waals surface area contributed by atoms with Gasteiger partial charge in [0.25, 0.3) is 0 Å². The average molecular weight is 284 g/mol. The normalized spacial score (nSPS) is 13.4. The second-order valence-corrected chi connectivity index (χ2v) is 5.81. The zero-order chi connectivity index (χ0) is 14.0. The van der Waals surface area contributed by atoms with E-state index in [1.54, 1.807) is 6.92 Å². The number of aryl methyl sites for hydroxylation is 1. The number of aromatic nitrogens is 3. The molecule has 2 N–H and O–H groups in total. The lowest BCUT2D eigenvalue weighted by molar-refractivity contribution is 0.559. The van der Waals surface area contributed by atoms with Crippen LogP contribution in [0, 0.1) is 12.7 Å². The summed E-state index contributed by atoms with van der Waals surface area (Å²) < 4.78 is 39.8. The van der Waals surface area contributed by atoms with E-state index in [0.717, 1.165) is 6.07 Å². The van der Waals surface area contributed by atoms with Gasteiger partial charge in [0.05, 0.1) is 10.9 Å². The highest BCUT2D eigenvalue weighted by Crippen LogP contribution is 2.18. The third kappa shape index (κ3) is 2.96. The third-order valence-electron chi connectivity index (χ3n) is 2.60. The van der Waals surface area contributed by atoms with Gasteiger partial charge in [0.1, 0.15) is 18.0 Å². The van der Waals surface area contributed by atoms with Crippen LogP contribution in [0.5, 0.6) is 0 Å². The molecule has 0 spiro atoms. The smallest absolute Gasteiger partial charge is 0.241 e. The molecule has 102 valence electrons. The van der Waals surface area contributed by atoms with E-state index >= 15 is 0 Å². The van der Waals surface area contributed by atoms with E-state index in [0.29, 0.717) is 11.4 Å². The molecule has 1 atom stereocenters. The Bertz CT molecular complexity index is 670. The predicted molar refractivity (Wildman–Crippen MR) is 66.3 cm³/mol. The maximum absolute atomic E-state index is 13.0. The van der Waals surface area contributed by atoms with Crippen LogP contribution in [0.2, 0.25) is 0 Å². The highest BCUT2D eigenvalue weighted by molar-refractivity contribution is 7.89. The minimum atomic E-state index is -3.74. The van der Waals surface area contributed by atoms with Crippen LogP contribution < -0.4 is 4.72 Å². The van der Waals surface area contributed by atoms with Crippen LogP contribution in [0.3, 0.4) is 0 Å². The zero-order valence-electron chi connectivity index (χ0n) is 10.4. The minimum Gasteiger partial charge on any atom is -0.262 e. The molecule has 0 aliphatic carbocycles. The van der Waals surface area contributed by atoms with Crippen LogP contribution in [0.4, 0.5) is 4.39 Å².